The monoisotopic (exact) mass is 934 g/mol. The number of phosphoric ester groups is 1. The van der Waals surface area contributed by atoms with Crippen molar-refractivity contribution in [1.29, 1.82) is 0 Å². The van der Waals surface area contributed by atoms with Crippen molar-refractivity contribution in [3.05, 3.63) is 60.8 Å². The van der Waals surface area contributed by atoms with Crippen LogP contribution in [0.3, 0.4) is 0 Å². The van der Waals surface area contributed by atoms with Crippen LogP contribution in [0.5, 0.6) is 0 Å². The van der Waals surface area contributed by atoms with Crippen LogP contribution < -0.4 is 4.89 Å². The van der Waals surface area contributed by atoms with Crippen molar-refractivity contribution < 1.29 is 37.3 Å². The molecule has 9 heteroatoms. The Bertz CT molecular complexity index is 1220. The smallest absolute Gasteiger partial charge is 0.306 e. The van der Waals surface area contributed by atoms with Gasteiger partial charge in [-0.1, -0.05) is 229 Å². The van der Waals surface area contributed by atoms with E-state index in [2.05, 4.69) is 74.6 Å². The number of carbonyl (C=O) groups excluding carboxylic acids is 1. The average Bonchev–Trinajstić information content (AvgIpc) is 3.27. The Kier molecular flexibility index (Phi) is 47.3. The molecule has 0 aliphatic heterocycles. The van der Waals surface area contributed by atoms with Crippen LogP contribution in [-0.4, -0.2) is 70.7 Å². The molecule has 65 heavy (non-hydrogen) atoms. The van der Waals surface area contributed by atoms with Gasteiger partial charge in [-0.25, -0.2) is 0 Å². The molecule has 0 aliphatic carbocycles. The third-order valence-corrected chi connectivity index (χ3v) is 12.5. The van der Waals surface area contributed by atoms with Gasteiger partial charge in [0.2, 0.25) is 0 Å². The standard InChI is InChI=1S/C56H104NO7P/c1-6-8-10-12-14-16-18-20-22-24-26-28-30-32-34-36-38-40-42-44-46-48-51-61-53-55(54-63-65(59,60)62-52-50-57(3,4)5)64-56(58)49-47-45-43-41-39-37-35-33-31-29-27-25-23-21-19-17-15-13-11-9-7-2/h8,10,14,16,20,22,26,28,32,34,55H,6-7,9,11-13,15,17-19,21,23-25,27,29-31,33,35-54H2,1-5H3/b10-8-,16-14-,22-20-,28-26-,34-32-. The van der Waals surface area contributed by atoms with Crippen LogP contribution in [-0.2, 0) is 27.9 Å². The Hall–Kier alpha value is -1.80. The summed E-state index contributed by atoms with van der Waals surface area (Å²) in [5.41, 5.74) is 0. The minimum atomic E-state index is -4.54. The highest BCUT2D eigenvalue weighted by molar-refractivity contribution is 7.45. The minimum Gasteiger partial charge on any atom is -0.756 e. The van der Waals surface area contributed by atoms with Gasteiger partial charge in [0.1, 0.15) is 19.3 Å². The first-order chi connectivity index (χ1) is 31.6. The Labute approximate surface area is 402 Å². The summed E-state index contributed by atoms with van der Waals surface area (Å²) in [4.78, 5) is 25.2. The second kappa shape index (κ2) is 48.6. The molecule has 0 aromatic rings. The lowest BCUT2D eigenvalue weighted by molar-refractivity contribution is -0.870. The molecule has 2 atom stereocenters. The third-order valence-electron chi connectivity index (χ3n) is 11.6. The molecule has 0 amide bonds. The van der Waals surface area contributed by atoms with Crippen molar-refractivity contribution in [2.24, 2.45) is 0 Å². The van der Waals surface area contributed by atoms with Crippen LogP contribution in [0.1, 0.15) is 232 Å². The lowest BCUT2D eigenvalue weighted by Crippen LogP contribution is -2.37. The molecular formula is C56H104NO7P. The molecule has 2 unspecified atom stereocenters. The molecule has 0 saturated heterocycles. The number of quaternary nitrogens is 1. The Morgan fingerprint density at radius 2 is 0.892 bits per heavy atom. The number of unbranched alkanes of at least 4 members (excludes halogenated alkanes) is 26. The molecule has 0 spiro atoms. The van der Waals surface area contributed by atoms with E-state index in [1.807, 2.05) is 21.1 Å². The molecule has 0 radical (unpaired) electrons. The molecule has 0 saturated carbocycles. The zero-order chi connectivity index (χ0) is 47.6. The topological polar surface area (TPSA) is 94.1 Å². The first-order valence-electron chi connectivity index (χ1n) is 27.0. The van der Waals surface area contributed by atoms with Crippen LogP contribution in [0.2, 0.25) is 0 Å². The molecule has 0 aliphatic rings. The lowest BCUT2D eigenvalue weighted by Gasteiger charge is -2.28. The SMILES string of the molecule is CC/C=C\C/C=C\C/C=C\C/C=C\C/C=C\CCCCCCCCOCC(COP(=O)([O-])OCC[N+](C)(C)C)OC(=O)CCCCCCCCCCCCCCCCCCCCCCC. The fourth-order valence-corrected chi connectivity index (χ4v) is 8.19. The summed E-state index contributed by atoms with van der Waals surface area (Å²) in [5, 5.41) is 0. The molecule has 380 valence electrons. The molecule has 0 aromatic heterocycles. The van der Waals surface area contributed by atoms with Crippen LogP contribution in [0.15, 0.2) is 60.8 Å². The Morgan fingerprint density at radius 1 is 0.492 bits per heavy atom. The van der Waals surface area contributed by atoms with Crippen molar-refractivity contribution in [2.75, 3.05) is 54.1 Å². The third kappa shape index (κ3) is 53.0. The number of hydrogen-bond acceptors (Lipinski definition) is 7. The maximum absolute atomic E-state index is 12.8. The van der Waals surface area contributed by atoms with E-state index < -0.39 is 13.9 Å². The quantitative estimate of drug-likeness (QED) is 0.0197. The summed E-state index contributed by atoms with van der Waals surface area (Å²) in [6.45, 7) is 5.29. The average molecular weight is 934 g/mol. The van der Waals surface area contributed by atoms with E-state index in [4.69, 9.17) is 18.5 Å². The van der Waals surface area contributed by atoms with Crippen molar-refractivity contribution in [2.45, 2.75) is 238 Å². The summed E-state index contributed by atoms with van der Waals surface area (Å²) >= 11 is 0. The first kappa shape index (κ1) is 63.2. The molecule has 0 bridgehead atoms. The van der Waals surface area contributed by atoms with E-state index in [1.165, 1.54) is 135 Å². The second-order valence-corrected chi connectivity index (χ2v) is 20.6. The van der Waals surface area contributed by atoms with Gasteiger partial charge < -0.3 is 27.9 Å². The fourth-order valence-electron chi connectivity index (χ4n) is 7.46. The van der Waals surface area contributed by atoms with E-state index >= 15 is 0 Å². The first-order valence-corrected chi connectivity index (χ1v) is 28.5. The van der Waals surface area contributed by atoms with Crippen LogP contribution in [0, 0.1) is 0 Å². The molecule has 0 N–H and O–H groups in total. The number of ether oxygens (including phenoxy) is 2. The number of carbonyl (C=O) groups is 1. The molecule has 0 heterocycles. The largest absolute Gasteiger partial charge is 0.756 e. The van der Waals surface area contributed by atoms with Gasteiger partial charge in [-0.2, -0.15) is 0 Å². The maximum Gasteiger partial charge on any atom is 0.306 e. The normalized spacial score (nSPS) is 14.0. The summed E-state index contributed by atoms with van der Waals surface area (Å²) < 4.78 is 34.8. The second-order valence-electron chi connectivity index (χ2n) is 19.2. The van der Waals surface area contributed by atoms with Crippen molar-refractivity contribution in [3.63, 3.8) is 0 Å². The van der Waals surface area contributed by atoms with E-state index in [9.17, 15) is 14.3 Å². The van der Waals surface area contributed by atoms with Gasteiger partial charge in [-0.15, -0.1) is 0 Å². The predicted molar refractivity (Wildman–Crippen MR) is 277 cm³/mol. The summed E-state index contributed by atoms with van der Waals surface area (Å²) in [7, 11) is 1.35. The number of nitrogens with zero attached hydrogens (tertiary/aromatic N) is 1. The van der Waals surface area contributed by atoms with Crippen LogP contribution in [0.4, 0.5) is 0 Å². The molecule has 0 aromatic carbocycles. The van der Waals surface area contributed by atoms with E-state index in [0.717, 1.165) is 77.0 Å². The van der Waals surface area contributed by atoms with Crippen LogP contribution >= 0.6 is 7.82 Å². The van der Waals surface area contributed by atoms with Gasteiger partial charge in [0.25, 0.3) is 7.82 Å². The zero-order valence-corrected chi connectivity index (χ0v) is 44.1. The lowest BCUT2D eigenvalue weighted by atomic mass is 10.0. The highest BCUT2D eigenvalue weighted by Crippen LogP contribution is 2.38. The Morgan fingerprint density at radius 3 is 1.34 bits per heavy atom. The van der Waals surface area contributed by atoms with E-state index in [1.54, 1.807) is 0 Å². The van der Waals surface area contributed by atoms with Gasteiger partial charge in [-0.05, 0) is 57.8 Å². The number of allylic oxidation sites excluding steroid dienone is 10. The van der Waals surface area contributed by atoms with Gasteiger partial charge >= 0.3 is 5.97 Å². The van der Waals surface area contributed by atoms with Gasteiger partial charge in [-0.3, -0.25) is 9.36 Å². The van der Waals surface area contributed by atoms with Gasteiger partial charge in [0.15, 0.2) is 0 Å². The molecule has 0 rings (SSSR count). The molecule has 8 nitrogen and oxygen atoms in total. The molecular weight excluding hydrogens is 830 g/mol. The number of likely N-dealkylation sites (N-methyl/N-ethyl adjacent to an activating group) is 1. The maximum atomic E-state index is 12.8. The van der Waals surface area contributed by atoms with Gasteiger partial charge in [0, 0.05) is 13.0 Å². The highest BCUT2D eigenvalue weighted by Gasteiger charge is 2.20. The fraction of sp³-hybridized carbons (Fsp3) is 0.804. The van der Waals surface area contributed by atoms with Crippen molar-refractivity contribution in [3.8, 4) is 0 Å². The van der Waals surface area contributed by atoms with E-state index in [-0.39, 0.29) is 25.8 Å². The van der Waals surface area contributed by atoms with E-state index in [0.29, 0.717) is 24.1 Å². The number of phosphoric acid groups is 1. The van der Waals surface area contributed by atoms with Gasteiger partial charge in [0.05, 0.1) is 34.4 Å². The van der Waals surface area contributed by atoms with Crippen molar-refractivity contribution >= 4 is 13.8 Å². The minimum absolute atomic E-state index is 0.0219. The zero-order valence-electron chi connectivity index (χ0n) is 43.2. The summed E-state index contributed by atoms with van der Waals surface area (Å²) in [6.07, 6.45) is 62.5. The number of esters is 1. The molecule has 0 fully saturated rings. The van der Waals surface area contributed by atoms with Crippen molar-refractivity contribution in [1.82, 2.24) is 0 Å². The number of hydrogen-bond donors (Lipinski definition) is 0. The summed E-state index contributed by atoms with van der Waals surface area (Å²) in [6, 6.07) is 0. The Balaban J connectivity index is 4.14. The predicted octanol–water partition coefficient (Wildman–Crippen LogP) is 16.2. The van der Waals surface area contributed by atoms with Crippen LogP contribution in [0.25, 0.3) is 0 Å². The summed E-state index contributed by atoms with van der Waals surface area (Å²) in [5.74, 6) is -0.337. The number of rotatable bonds is 50. The highest BCUT2D eigenvalue weighted by atomic mass is 31.2.